The first-order chi connectivity index (χ1) is 9.66. The van der Waals surface area contributed by atoms with Gasteiger partial charge in [-0.15, -0.1) is 0 Å². The number of aliphatic hydroxyl groups excluding tert-OH is 1. The molecule has 5 nitrogen and oxygen atoms in total. The van der Waals surface area contributed by atoms with Crippen molar-refractivity contribution in [3.05, 3.63) is 0 Å². The minimum absolute atomic E-state index is 0.0140. The summed E-state index contributed by atoms with van der Waals surface area (Å²) in [5.41, 5.74) is 0. The van der Waals surface area contributed by atoms with Crippen LogP contribution in [0.4, 0.5) is 4.79 Å². The van der Waals surface area contributed by atoms with Crippen LogP contribution in [0.5, 0.6) is 0 Å². The summed E-state index contributed by atoms with van der Waals surface area (Å²) in [6.45, 7) is 11.9. The molecule has 1 aliphatic rings. The average molecular weight is 299 g/mol. The van der Waals surface area contributed by atoms with E-state index in [4.69, 9.17) is 4.74 Å². The van der Waals surface area contributed by atoms with E-state index in [1.807, 2.05) is 20.8 Å². The second kappa shape index (κ2) is 7.25. The van der Waals surface area contributed by atoms with Crippen molar-refractivity contribution in [3.63, 3.8) is 0 Å². The van der Waals surface area contributed by atoms with Gasteiger partial charge in [0.05, 0.1) is 18.1 Å². The van der Waals surface area contributed by atoms with Gasteiger partial charge >= 0.3 is 6.09 Å². The molecule has 0 unspecified atom stereocenters. The van der Waals surface area contributed by atoms with Crippen LogP contribution in [0.1, 0.15) is 48.0 Å². The van der Waals surface area contributed by atoms with E-state index in [9.17, 15) is 14.7 Å². The Labute approximate surface area is 127 Å². The van der Waals surface area contributed by atoms with Crippen molar-refractivity contribution >= 4 is 12.0 Å². The first-order valence-electron chi connectivity index (χ1n) is 7.84. The van der Waals surface area contributed by atoms with Gasteiger partial charge in [-0.1, -0.05) is 41.5 Å². The van der Waals surface area contributed by atoms with E-state index in [2.05, 4.69) is 13.8 Å². The predicted molar refractivity (Wildman–Crippen MR) is 80.6 cm³/mol. The summed E-state index contributed by atoms with van der Waals surface area (Å²) >= 11 is 0. The van der Waals surface area contributed by atoms with E-state index < -0.39 is 18.1 Å². The van der Waals surface area contributed by atoms with E-state index in [1.165, 1.54) is 4.90 Å². The van der Waals surface area contributed by atoms with Gasteiger partial charge in [0.1, 0.15) is 6.61 Å². The lowest BCUT2D eigenvalue weighted by Gasteiger charge is -2.30. The van der Waals surface area contributed by atoms with Crippen LogP contribution in [0.3, 0.4) is 0 Å². The van der Waals surface area contributed by atoms with Crippen molar-refractivity contribution in [3.8, 4) is 0 Å². The van der Waals surface area contributed by atoms with Crippen LogP contribution in [-0.4, -0.2) is 40.8 Å². The molecule has 1 N–H and O–H groups in total. The lowest BCUT2D eigenvalue weighted by molar-refractivity contribution is -0.138. The number of aliphatic hydroxyl groups is 1. The van der Waals surface area contributed by atoms with Gasteiger partial charge in [-0.25, -0.2) is 9.69 Å². The molecule has 0 aromatic rings. The number of hydrogen-bond donors (Lipinski definition) is 1. The first kappa shape index (κ1) is 18.0. The molecule has 0 aliphatic carbocycles. The first-order valence-corrected chi connectivity index (χ1v) is 7.84. The normalized spacial score (nSPS) is 23.4. The van der Waals surface area contributed by atoms with Gasteiger partial charge in [0.25, 0.3) is 0 Å². The topological polar surface area (TPSA) is 66.8 Å². The molecule has 4 atom stereocenters. The third kappa shape index (κ3) is 4.19. The highest BCUT2D eigenvalue weighted by atomic mass is 16.6. The third-order valence-corrected chi connectivity index (χ3v) is 4.24. The molecular formula is C16H29NO4. The van der Waals surface area contributed by atoms with Crippen LogP contribution < -0.4 is 0 Å². The van der Waals surface area contributed by atoms with Gasteiger partial charge in [0.2, 0.25) is 5.91 Å². The fourth-order valence-electron chi connectivity index (χ4n) is 2.92. The van der Waals surface area contributed by atoms with E-state index in [0.29, 0.717) is 5.92 Å². The van der Waals surface area contributed by atoms with Crippen molar-refractivity contribution < 1.29 is 19.4 Å². The monoisotopic (exact) mass is 299 g/mol. The fourth-order valence-corrected chi connectivity index (χ4v) is 2.92. The Balaban J connectivity index is 2.78. The maximum Gasteiger partial charge on any atom is 0.416 e. The van der Waals surface area contributed by atoms with Crippen molar-refractivity contribution in [1.82, 2.24) is 4.90 Å². The molecule has 5 heteroatoms. The molecular weight excluding hydrogens is 270 g/mol. The van der Waals surface area contributed by atoms with E-state index in [1.54, 1.807) is 6.92 Å². The highest BCUT2D eigenvalue weighted by Gasteiger charge is 2.43. The van der Waals surface area contributed by atoms with Crippen LogP contribution >= 0.6 is 0 Å². The standard InChI is InChI=1S/C16H29NO4/c1-9(2)7-11(5)14(18)12(6)15(19)17-13(10(3)4)8-21-16(17)20/h9-14,18H,7-8H2,1-6H3/t11-,12+,13+,14+/m0/s1. The van der Waals surface area contributed by atoms with Gasteiger partial charge in [-0.3, -0.25) is 4.79 Å². The maximum atomic E-state index is 12.6. The molecule has 0 bridgehead atoms. The third-order valence-electron chi connectivity index (χ3n) is 4.24. The summed E-state index contributed by atoms with van der Waals surface area (Å²) < 4.78 is 5.00. The second-order valence-corrected chi connectivity index (χ2v) is 6.98. The van der Waals surface area contributed by atoms with Crippen molar-refractivity contribution in [2.24, 2.45) is 23.7 Å². The summed E-state index contributed by atoms with van der Waals surface area (Å²) in [4.78, 5) is 25.6. The smallest absolute Gasteiger partial charge is 0.416 e. The van der Waals surface area contributed by atoms with Crippen LogP contribution in [-0.2, 0) is 9.53 Å². The molecule has 1 fully saturated rings. The van der Waals surface area contributed by atoms with Gasteiger partial charge in [0.15, 0.2) is 0 Å². The number of ether oxygens (including phenoxy) is 1. The number of imide groups is 1. The minimum Gasteiger partial charge on any atom is -0.447 e. The summed E-state index contributed by atoms with van der Waals surface area (Å²) in [5.74, 6) is -0.333. The Morgan fingerprint density at radius 1 is 1.29 bits per heavy atom. The van der Waals surface area contributed by atoms with Crippen molar-refractivity contribution in [2.75, 3.05) is 6.61 Å². The molecule has 21 heavy (non-hydrogen) atoms. The number of amides is 2. The van der Waals surface area contributed by atoms with Crippen LogP contribution in [0.15, 0.2) is 0 Å². The van der Waals surface area contributed by atoms with Crippen LogP contribution in [0.25, 0.3) is 0 Å². The molecule has 1 rings (SSSR count). The number of cyclic esters (lactones) is 1. The Morgan fingerprint density at radius 2 is 1.86 bits per heavy atom. The van der Waals surface area contributed by atoms with Gasteiger partial charge in [-0.05, 0) is 24.2 Å². The highest BCUT2D eigenvalue weighted by Crippen LogP contribution is 2.26. The van der Waals surface area contributed by atoms with E-state index in [-0.39, 0.29) is 30.4 Å². The summed E-state index contributed by atoms with van der Waals surface area (Å²) in [6, 6.07) is -0.236. The summed E-state index contributed by atoms with van der Waals surface area (Å²) in [6.07, 6.45) is -0.494. The lowest BCUT2D eigenvalue weighted by atomic mass is 9.86. The van der Waals surface area contributed by atoms with Crippen molar-refractivity contribution in [2.45, 2.75) is 60.1 Å². The summed E-state index contributed by atoms with van der Waals surface area (Å²) in [7, 11) is 0. The number of rotatable bonds is 6. The molecule has 0 spiro atoms. The van der Waals surface area contributed by atoms with E-state index in [0.717, 1.165) is 6.42 Å². The zero-order valence-electron chi connectivity index (χ0n) is 14.0. The zero-order valence-corrected chi connectivity index (χ0v) is 14.0. The quantitative estimate of drug-likeness (QED) is 0.819. The summed E-state index contributed by atoms with van der Waals surface area (Å²) in [5, 5.41) is 10.4. The second-order valence-electron chi connectivity index (χ2n) is 6.98. The number of hydrogen-bond acceptors (Lipinski definition) is 4. The zero-order chi connectivity index (χ0) is 16.3. The predicted octanol–water partition coefficient (Wildman–Crippen LogP) is 2.67. The molecule has 0 aromatic heterocycles. The fraction of sp³-hybridized carbons (Fsp3) is 0.875. The Kier molecular flexibility index (Phi) is 6.20. The van der Waals surface area contributed by atoms with Crippen LogP contribution in [0, 0.1) is 23.7 Å². The van der Waals surface area contributed by atoms with E-state index >= 15 is 0 Å². The largest absolute Gasteiger partial charge is 0.447 e. The van der Waals surface area contributed by atoms with Crippen LogP contribution in [0.2, 0.25) is 0 Å². The van der Waals surface area contributed by atoms with Crippen molar-refractivity contribution in [1.29, 1.82) is 0 Å². The van der Waals surface area contributed by atoms with Gasteiger partial charge < -0.3 is 9.84 Å². The average Bonchev–Trinajstić information content (AvgIpc) is 2.77. The molecule has 1 aliphatic heterocycles. The Morgan fingerprint density at radius 3 is 2.33 bits per heavy atom. The number of nitrogens with zero attached hydrogens (tertiary/aromatic N) is 1. The molecule has 0 saturated carbocycles. The minimum atomic E-state index is -0.749. The molecule has 1 heterocycles. The lowest BCUT2D eigenvalue weighted by Crippen LogP contribution is -2.47. The molecule has 0 radical (unpaired) electrons. The SMILES string of the molecule is CC(C)C[C@H](C)[C@@H](O)[C@@H](C)C(=O)N1C(=O)OC[C@@H]1C(C)C. The number of carbonyl (C=O) groups excluding carboxylic acids is 2. The number of carbonyl (C=O) groups is 2. The Bertz CT molecular complexity index is 380. The highest BCUT2D eigenvalue weighted by molar-refractivity contribution is 5.94. The van der Waals surface area contributed by atoms with Gasteiger partial charge in [-0.2, -0.15) is 0 Å². The van der Waals surface area contributed by atoms with Gasteiger partial charge in [0, 0.05) is 0 Å². The molecule has 0 aromatic carbocycles. The molecule has 122 valence electrons. The molecule has 1 saturated heterocycles. The Hall–Kier alpha value is -1.10. The maximum absolute atomic E-state index is 12.6. The molecule has 2 amide bonds.